The predicted octanol–water partition coefficient (Wildman–Crippen LogP) is 2.61. The third-order valence-corrected chi connectivity index (χ3v) is 3.37. The maximum absolute atomic E-state index is 12.1. The molecule has 19 heavy (non-hydrogen) atoms. The number of halogens is 2. The van der Waals surface area contributed by atoms with Crippen LogP contribution in [0.5, 0.6) is 5.75 Å². The SMILES string of the molecule is CC(C)(C(=O)O)C(C)(O)c1cccc(OC(F)F)c1. The van der Waals surface area contributed by atoms with Gasteiger partial charge in [0.1, 0.15) is 11.4 Å². The third kappa shape index (κ3) is 3.01. The Balaban J connectivity index is 3.18. The Morgan fingerprint density at radius 1 is 1.32 bits per heavy atom. The summed E-state index contributed by atoms with van der Waals surface area (Å²) in [5, 5.41) is 19.6. The van der Waals surface area contributed by atoms with Crippen molar-refractivity contribution in [3.05, 3.63) is 29.8 Å². The van der Waals surface area contributed by atoms with E-state index in [1.807, 2.05) is 0 Å². The summed E-state index contributed by atoms with van der Waals surface area (Å²) in [6.07, 6.45) is 0. The number of aliphatic carboxylic acids is 1. The zero-order chi connectivity index (χ0) is 14.8. The lowest BCUT2D eigenvalue weighted by atomic mass is 9.72. The molecule has 1 unspecified atom stereocenters. The van der Waals surface area contributed by atoms with Crippen LogP contribution in [0.4, 0.5) is 8.78 Å². The van der Waals surface area contributed by atoms with E-state index in [4.69, 9.17) is 5.11 Å². The molecule has 1 rings (SSSR count). The van der Waals surface area contributed by atoms with Gasteiger partial charge in [-0.15, -0.1) is 0 Å². The fourth-order valence-electron chi connectivity index (χ4n) is 1.54. The van der Waals surface area contributed by atoms with E-state index in [1.165, 1.54) is 45.0 Å². The highest BCUT2D eigenvalue weighted by molar-refractivity contribution is 5.75. The van der Waals surface area contributed by atoms with E-state index in [0.717, 1.165) is 0 Å². The highest BCUT2D eigenvalue weighted by Gasteiger charge is 2.46. The quantitative estimate of drug-likeness (QED) is 0.866. The smallest absolute Gasteiger partial charge is 0.387 e. The van der Waals surface area contributed by atoms with Crippen LogP contribution in [0.3, 0.4) is 0 Å². The third-order valence-electron chi connectivity index (χ3n) is 3.37. The molecule has 1 aromatic carbocycles. The van der Waals surface area contributed by atoms with Gasteiger partial charge in [-0.2, -0.15) is 8.78 Å². The Labute approximate surface area is 109 Å². The number of hydrogen-bond acceptors (Lipinski definition) is 3. The second-order valence-electron chi connectivity index (χ2n) is 4.91. The van der Waals surface area contributed by atoms with E-state index >= 15 is 0 Å². The monoisotopic (exact) mass is 274 g/mol. The van der Waals surface area contributed by atoms with Gasteiger partial charge in [0.05, 0.1) is 5.41 Å². The molecule has 0 bridgehead atoms. The zero-order valence-corrected chi connectivity index (χ0v) is 10.9. The minimum atomic E-state index is -2.98. The molecule has 2 N–H and O–H groups in total. The molecule has 4 nitrogen and oxygen atoms in total. The number of benzene rings is 1. The summed E-state index contributed by atoms with van der Waals surface area (Å²) in [5.74, 6) is -1.33. The van der Waals surface area contributed by atoms with Crippen LogP contribution in [0.15, 0.2) is 24.3 Å². The average molecular weight is 274 g/mol. The second-order valence-corrected chi connectivity index (χ2v) is 4.91. The van der Waals surface area contributed by atoms with Gasteiger partial charge in [0.15, 0.2) is 0 Å². The standard InChI is InChI=1S/C13H16F2O4/c1-12(2,10(16)17)13(3,18)8-5-4-6-9(7-8)19-11(14)15/h4-7,11,18H,1-3H3,(H,16,17). The predicted molar refractivity (Wildman–Crippen MR) is 64.1 cm³/mol. The summed E-state index contributed by atoms with van der Waals surface area (Å²) in [7, 11) is 0. The van der Waals surface area contributed by atoms with Gasteiger partial charge in [0.2, 0.25) is 0 Å². The van der Waals surface area contributed by atoms with Crippen molar-refractivity contribution in [2.24, 2.45) is 5.41 Å². The molecule has 1 aromatic rings. The molecule has 106 valence electrons. The maximum Gasteiger partial charge on any atom is 0.387 e. The second kappa shape index (κ2) is 5.13. The van der Waals surface area contributed by atoms with Crippen LogP contribution in [0, 0.1) is 5.41 Å². The number of carboxylic acid groups (broad SMARTS) is 1. The lowest BCUT2D eigenvalue weighted by Crippen LogP contribution is -2.45. The minimum Gasteiger partial charge on any atom is -0.481 e. The number of carbonyl (C=O) groups is 1. The average Bonchev–Trinajstić information content (AvgIpc) is 2.27. The molecule has 1 atom stereocenters. The number of rotatable bonds is 5. The summed E-state index contributed by atoms with van der Waals surface area (Å²) in [6, 6.07) is 5.39. The van der Waals surface area contributed by atoms with Crippen LogP contribution in [-0.4, -0.2) is 22.8 Å². The first-order chi connectivity index (χ1) is 8.59. The largest absolute Gasteiger partial charge is 0.481 e. The molecule has 0 saturated heterocycles. The summed E-state index contributed by atoms with van der Waals surface area (Å²) in [4.78, 5) is 11.2. The van der Waals surface area contributed by atoms with Gasteiger partial charge in [0, 0.05) is 0 Å². The van der Waals surface area contributed by atoms with Crippen molar-refractivity contribution in [3.8, 4) is 5.75 Å². The minimum absolute atomic E-state index is 0.131. The first-order valence-corrected chi connectivity index (χ1v) is 5.60. The molecule has 0 aliphatic heterocycles. The Hall–Kier alpha value is -1.69. The maximum atomic E-state index is 12.1. The van der Waals surface area contributed by atoms with Gasteiger partial charge < -0.3 is 14.9 Å². The molecular weight excluding hydrogens is 258 g/mol. The Kier molecular flexibility index (Phi) is 4.15. The summed E-state index contributed by atoms with van der Waals surface area (Å²) in [5.41, 5.74) is -3.03. The van der Waals surface area contributed by atoms with Crippen LogP contribution in [0.1, 0.15) is 26.3 Å². The number of ether oxygens (including phenoxy) is 1. The topological polar surface area (TPSA) is 66.8 Å². The van der Waals surface area contributed by atoms with Crippen LogP contribution in [0.25, 0.3) is 0 Å². The highest BCUT2D eigenvalue weighted by atomic mass is 19.3. The molecule has 0 spiro atoms. The fraction of sp³-hybridized carbons (Fsp3) is 0.462. The number of carboxylic acids is 1. The molecular formula is C13H16F2O4. The molecule has 0 aliphatic carbocycles. The lowest BCUT2D eigenvalue weighted by molar-refractivity contribution is -0.164. The molecule has 0 aliphatic rings. The summed E-state index contributed by atoms with van der Waals surface area (Å²) in [6.45, 7) is 1.06. The zero-order valence-electron chi connectivity index (χ0n) is 10.9. The van der Waals surface area contributed by atoms with Gasteiger partial charge in [0.25, 0.3) is 0 Å². The first kappa shape index (κ1) is 15.4. The van der Waals surface area contributed by atoms with Crippen molar-refractivity contribution < 1.29 is 28.5 Å². The van der Waals surface area contributed by atoms with E-state index < -0.39 is 23.6 Å². The first-order valence-electron chi connectivity index (χ1n) is 5.60. The van der Waals surface area contributed by atoms with Gasteiger partial charge in [-0.1, -0.05) is 12.1 Å². The molecule has 0 aromatic heterocycles. The van der Waals surface area contributed by atoms with Gasteiger partial charge in [-0.05, 0) is 38.5 Å². The summed E-state index contributed by atoms with van der Waals surface area (Å²) >= 11 is 0. The van der Waals surface area contributed by atoms with Crippen molar-refractivity contribution in [3.63, 3.8) is 0 Å². The molecule has 0 amide bonds. The van der Waals surface area contributed by atoms with E-state index in [-0.39, 0.29) is 11.3 Å². The van der Waals surface area contributed by atoms with Crippen LogP contribution >= 0.6 is 0 Å². The number of hydrogen-bond donors (Lipinski definition) is 2. The molecule has 0 saturated carbocycles. The molecule has 0 fully saturated rings. The van der Waals surface area contributed by atoms with E-state index in [2.05, 4.69) is 4.74 Å². The highest BCUT2D eigenvalue weighted by Crippen LogP contribution is 2.40. The number of aliphatic hydroxyl groups is 1. The fourth-order valence-corrected chi connectivity index (χ4v) is 1.54. The normalized spacial score (nSPS) is 15.1. The summed E-state index contributed by atoms with van der Waals surface area (Å²) < 4.78 is 28.5. The van der Waals surface area contributed by atoms with E-state index in [1.54, 1.807) is 0 Å². The van der Waals surface area contributed by atoms with Gasteiger partial charge in [-0.3, -0.25) is 4.79 Å². The van der Waals surface area contributed by atoms with Gasteiger partial charge >= 0.3 is 12.6 Å². The van der Waals surface area contributed by atoms with Crippen molar-refractivity contribution in [1.29, 1.82) is 0 Å². The van der Waals surface area contributed by atoms with Crippen molar-refractivity contribution >= 4 is 5.97 Å². The van der Waals surface area contributed by atoms with Crippen molar-refractivity contribution in [2.75, 3.05) is 0 Å². The van der Waals surface area contributed by atoms with Gasteiger partial charge in [-0.25, -0.2) is 0 Å². The molecule has 6 heteroatoms. The van der Waals surface area contributed by atoms with E-state index in [0.29, 0.717) is 0 Å². The Bertz CT molecular complexity index is 469. The Morgan fingerprint density at radius 2 is 1.89 bits per heavy atom. The lowest BCUT2D eigenvalue weighted by Gasteiger charge is -2.37. The van der Waals surface area contributed by atoms with Crippen LogP contribution in [-0.2, 0) is 10.4 Å². The molecule has 0 heterocycles. The number of alkyl halides is 2. The van der Waals surface area contributed by atoms with Crippen molar-refractivity contribution in [2.45, 2.75) is 33.0 Å². The Morgan fingerprint density at radius 3 is 2.37 bits per heavy atom. The van der Waals surface area contributed by atoms with Crippen molar-refractivity contribution in [1.82, 2.24) is 0 Å². The molecule has 0 radical (unpaired) electrons. The van der Waals surface area contributed by atoms with Crippen LogP contribution < -0.4 is 4.74 Å². The van der Waals surface area contributed by atoms with Crippen LogP contribution in [0.2, 0.25) is 0 Å². The van der Waals surface area contributed by atoms with E-state index in [9.17, 15) is 18.7 Å².